The molecule has 0 aliphatic carbocycles. The zero-order valence-electron chi connectivity index (χ0n) is 7.82. The van der Waals surface area contributed by atoms with Gasteiger partial charge in [0.15, 0.2) is 0 Å². The lowest BCUT2D eigenvalue weighted by molar-refractivity contribution is -0.120. The second-order valence-electron chi connectivity index (χ2n) is 2.95. The topological polar surface area (TPSA) is 68.3 Å². The normalized spacial score (nSPS) is 12.1. The monoisotopic (exact) mass is 212 g/mol. The minimum absolute atomic E-state index is 0.0698. The smallest absolute Gasteiger partial charge is 0.227 e. The highest BCUT2D eigenvalue weighted by Gasteiger charge is 2.11. The first-order valence-electron chi connectivity index (χ1n) is 4.20. The Morgan fingerprint density at radius 1 is 1.79 bits per heavy atom. The van der Waals surface area contributed by atoms with Crippen LogP contribution in [0.1, 0.15) is 25.1 Å². The van der Waals surface area contributed by atoms with Gasteiger partial charge in [-0.3, -0.25) is 4.79 Å². The van der Waals surface area contributed by atoms with E-state index >= 15 is 0 Å². The number of nitrogens with two attached hydrogens (primary N) is 1. The lowest BCUT2D eigenvalue weighted by atomic mass is 10.2. The lowest BCUT2D eigenvalue weighted by Crippen LogP contribution is -2.29. The second kappa shape index (κ2) is 4.76. The molecule has 5 heteroatoms. The summed E-state index contributed by atoms with van der Waals surface area (Å²) in [6.07, 6.45) is 1.63. The molecule has 14 heavy (non-hydrogen) atoms. The molecule has 0 saturated carbocycles. The number of amides is 1. The SMILES string of the molecule is CC(NC(=O)CC(N)=S)c1ccco1. The van der Waals surface area contributed by atoms with Crippen LogP contribution < -0.4 is 11.1 Å². The van der Waals surface area contributed by atoms with E-state index in [9.17, 15) is 4.79 Å². The molecule has 0 aliphatic rings. The number of carbonyl (C=O) groups excluding carboxylic acids is 1. The molecule has 0 radical (unpaired) electrons. The molecule has 0 aromatic carbocycles. The van der Waals surface area contributed by atoms with Crippen molar-refractivity contribution in [3.63, 3.8) is 0 Å². The van der Waals surface area contributed by atoms with Crippen LogP contribution >= 0.6 is 12.2 Å². The van der Waals surface area contributed by atoms with E-state index in [1.807, 2.05) is 6.92 Å². The lowest BCUT2D eigenvalue weighted by Gasteiger charge is -2.10. The van der Waals surface area contributed by atoms with E-state index < -0.39 is 0 Å². The minimum atomic E-state index is -0.193. The fraction of sp³-hybridized carbons (Fsp3) is 0.333. The van der Waals surface area contributed by atoms with Crippen LogP contribution in [0.2, 0.25) is 0 Å². The maximum atomic E-state index is 11.2. The minimum Gasteiger partial charge on any atom is -0.467 e. The molecular formula is C9H12N2O2S. The van der Waals surface area contributed by atoms with Crippen molar-refractivity contribution in [1.82, 2.24) is 5.32 Å². The van der Waals surface area contributed by atoms with Crippen molar-refractivity contribution in [1.29, 1.82) is 0 Å². The first-order chi connectivity index (χ1) is 6.59. The summed E-state index contributed by atoms with van der Waals surface area (Å²) in [4.78, 5) is 11.4. The van der Waals surface area contributed by atoms with Gasteiger partial charge in [-0.15, -0.1) is 0 Å². The number of nitrogens with one attached hydrogen (secondary N) is 1. The van der Waals surface area contributed by atoms with Crippen molar-refractivity contribution in [2.45, 2.75) is 19.4 Å². The van der Waals surface area contributed by atoms with Crippen LogP contribution in [-0.2, 0) is 4.79 Å². The predicted molar refractivity (Wildman–Crippen MR) is 56.7 cm³/mol. The molecule has 4 nitrogen and oxygen atoms in total. The van der Waals surface area contributed by atoms with E-state index in [1.54, 1.807) is 18.4 Å². The highest BCUT2D eigenvalue weighted by atomic mass is 32.1. The Hall–Kier alpha value is -1.36. The summed E-state index contributed by atoms with van der Waals surface area (Å²) in [7, 11) is 0. The third-order valence-corrected chi connectivity index (χ3v) is 1.83. The Labute approximate surface area is 87.5 Å². The van der Waals surface area contributed by atoms with Crippen molar-refractivity contribution in [2.24, 2.45) is 5.73 Å². The van der Waals surface area contributed by atoms with Crippen molar-refractivity contribution < 1.29 is 9.21 Å². The fourth-order valence-corrected chi connectivity index (χ4v) is 1.19. The van der Waals surface area contributed by atoms with Gasteiger partial charge in [-0.25, -0.2) is 0 Å². The standard InChI is InChI=1S/C9H12N2O2S/c1-6(7-3-2-4-13-7)11-9(12)5-8(10)14/h2-4,6H,5H2,1H3,(H2,10,14)(H,11,12). The van der Waals surface area contributed by atoms with Crippen molar-refractivity contribution in [3.05, 3.63) is 24.2 Å². The van der Waals surface area contributed by atoms with Crippen molar-refractivity contribution >= 4 is 23.1 Å². The van der Waals surface area contributed by atoms with Gasteiger partial charge in [0.2, 0.25) is 5.91 Å². The maximum absolute atomic E-state index is 11.2. The van der Waals surface area contributed by atoms with Crippen LogP contribution in [0.5, 0.6) is 0 Å². The third-order valence-electron chi connectivity index (χ3n) is 1.68. The largest absolute Gasteiger partial charge is 0.467 e. The van der Waals surface area contributed by atoms with Crippen molar-refractivity contribution in [2.75, 3.05) is 0 Å². The summed E-state index contributed by atoms with van der Waals surface area (Å²) in [5.74, 6) is 0.516. The molecule has 0 bridgehead atoms. The van der Waals surface area contributed by atoms with Crippen LogP contribution in [0.25, 0.3) is 0 Å². The predicted octanol–water partition coefficient (Wildman–Crippen LogP) is 1.13. The van der Waals surface area contributed by atoms with Gasteiger partial charge in [-0.1, -0.05) is 12.2 Å². The summed E-state index contributed by atoms with van der Waals surface area (Å²) in [6.45, 7) is 1.83. The fourth-order valence-electron chi connectivity index (χ4n) is 1.06. The average molecular weight is 212 g/mol. The second-order valence-corrected chi connectivity index (χ2v) is 3.47. The van der Waals surface area contributed by atoms with E-state index in [1.165, 1.54) is 0 Å². The molecule has 0 spiro atoms. The summed E-state index contributed by atoms with van der Waals surface area (Å²) < 4.78 is 5.12. The van der Waals surface area contributed by atoms with Crippen molar-refractivity contribution in [3.8, 4) is 0 Å². The molecule has 1 unspecified atom stereocenters. The zero-order chi connectivity index (χ0) is 10.6. The summed E-state index contributed by atoms with van der Waals surface area (Å²) in [6, 6.07) is 3.41. The Balaban J connectivity index is 2.45. The van der Waals surface area contributed by atoms with Gasteiger partial charge in [0.1, 0.15) is 5.76 Å². The third kappa shape index (κ3) is 3.18. The number of rotatable bonds is 4. The Bertz CT molecular complexity index is 322. The van der Waals surface area contributed by atoms with Crippen LogP contribution in [0.4, 0.5) is 0 Å². The summed E-state index contributed by atoms with van der Waals surface area (Å²) in [5, 5.41) is 2.71. The molecule has 1 aromatic rings. The number of hydrogen-bond donors (Lipinski definition) is 2. The molecule has 1 heterocycles. The Morgan fingerprint density at radius 3 is 3.00 bits per heavy atom. The van der Waals surface area contributed by atoms with Gasteiger partial charge >= 0.3 is 0 Å². The van der Waals surface area contributed by atoms with Crippen LogP contribution in [-0.4, -0.2) is 10.9 Å². The molecule has 0 fully saturated rings. The number of thiocarbonyl (C=S) groups is 1. The van der Waals surface area contributed by atoms with Gasteiger partial charge in [0.25, 0.3) is 0 Å². The Kier molecular flexibility index (Phi) is 3.64. The van der Waals surface area contributed by atoms with Gasteiger partial charge in [-0.05, 0) is 19.1 Å². The van der Waals surface area contributed by atoms with Gasteiger partial charge < -0.3 is 15.5 Å². The first-order valence-corrected chi connectivity index (χ1v) is 4.61. The van der Waals surface area contributed by atoms with Gasteiger partial charge in [0, 0.05) is 0 Å². The first kappa shape index (κ1) is 10.7. The molecule has 76 valence electrons. The molecular weight excluding hydrogens is 200 g/mol. The highest BCUT2D eigenvalue weighted by Crippen LogP contribution is 2.11. The van der Waals surface area contributed by atoms with E-state index in [0.29, 0.717) is 5.76 Å². The van der Waals surface area contributed by atoms with Crippen LogP contribution in [0.15, 0.2) is 22.8 Å². The summed E-state index contributed by atoms with van der Waals surface area (Å²) in [5.41, 5.74) is 5.23. The molecule has 0 saturated heterocycles. The van der Waals surface area contributed by atoms with E-state index in [4.69, 9.17) is 10.2 Å². The molecule has 1 atom stereocenters. The Morgan fingerprint density at radius 2 is 2.50 bits per heavy atom. The van der Waals surface area contributed by atoms with E-state index in [0.717, 1.165) is 0 Å². The number of carbonyl (C=O) groups is 1. The summed E-state index contributed by atoms with van der Waals surface area (Å²) >= 11 is 4.62. The molecule has 1 amide bonds. The van der Waals surface area contributed by atoms with Crippen LogP contribution in [0, 0.1) is 0 Å². The average Bonchev–Trinajstić information content (AvgIpc) is 2.53. The van der Waals surface area contributed by atoms with Crippen LogP contribution in [0.3, 0.4) is 0 Å². The molecule has 3 N–H and O–H groups in total. The highest BCUT2D eigenvalue weighted by molar-refractivity contribution is 7.80. The number of hydrogen-bond acceptors (Lipinski definition) is 3. The van der Waals surface area contributed by atoms with E-state index in [2.05, 4.69) is 17.5 Å². The van der Waals surface area contributed by atoms with Gasteiger partial charge in [-0.2, -0.15) is 0 Å². The zero-order valence-corrected chi connectivity index (χ0v) is 8.64. The molecule has 1 aromatic heterocycles. The quantitative estimate of drug-likeness (QED) is 0.734. The molecule has 0 aliphatic heterocycles. The molecule has 1 rings (SSSR count). The number of furan rings is 1. The van der Waals surface area contributed by atoms with E-state index in [-0.39, 0.29) is 23.4 Å². The maximum Gasteiger partial charge on any atom is 0.227 e. The van der Waals surface area contributed by atoms with Gasteiger partial charge in [0.05, 0.1) is 23.7 Å².